The van der Waals surface area contributed by atoms with E-state index >= 15 is 0 Å². The van der Waals surface area contributed by atoms with Crippen molar-refractivity contribution in [2.24, 2.45) is 0 Å². The van der Waals surface area contributed by atoms with E-state index in [1.54, 1.807) is 41.0 Å². The molecule has 0 spiro atoms. The third-order valence-electron chi connectivity index (χ3n) is 4.10. The number of ether oxygens (including phenoxy) is 1. The van der Waals surface area contributed by atoms with Crippen molar-refractivity contribution in [3.63, 3.8) is 0 Å². The number of halogens is 2. The minimum atomic E-state index is -0.922. The van der Waals surface area contributed by atoms with E-state index < -0.39 is 17.5 Å². The van der Waals surface area contributed by atoms with E-state index in [-0.39, 0.29) is 5.56 Å². The zero-order valence-electron chi connectivity index (χ0n) is 14.7. The van der Waals surface area contributed by atoms with Crippen LogP contribution < -0.4 is 10.1 Å². The van der Waals surface area contributed by atoms with Gasteiger partial charge in [0.15, 0.2) is 5.65 Å². The van der Waals surface area contributed by atoms with Gasteiger partial charge in [-0.25, -0.2) is 18.3 Å². The summed E-state index contributed by atoms with van der Waals surface area (Å²) in [7, 11) is 1.53. The standard InChI is InChI=1S/C20H14F2N4O2/c1-28-19-8-7-18-24-17(11-26(18)25-19)12-3-2-4-14(9-12)23-20(27)15-6-5-13(21)10-16(15)22/h2-11H,1H3,(H,23,27). The Morgan fingerprint density at radius 1 is 1.11 bits per heavy atom. The minimum Gasteiger partial charge on any atom is -0.480 e. The van der Waals surface area contributed by atoms with Crippen molar-refractivity contribution in [3.8, 4) is 17.1 Å². The summed E-state index contributed by atoms with van der Waals surface area (Å²) in [6.45, 7) is 0. The van der Waals surface area contributed by atoms with E-state index in [0.717, 1.165) is 17.7 Å². The number of aromatic nitrogens is 3. The summed E-state index contributed by atoms with van der Waals surface area (Å²) in [6, 6.07) is 13.2. The predicted molar refractivity (Wildman–Crippen MR) is 99.3 cm³/mol. The van der Waals surface area contributed by atoms with Crippen LogP contribution in [0.3, 0.4) is 0 Å². The number of benzene rings is 2. The largest absolute Gasteiger partial charge is 0.480 e. The lowest BCUT2D eigenvalue weighted by Crippen LogP contribution is -2.13. The van der Waals surface area contributed by atoms with Gasteiger partial charge in [0.25, 0.3) is 5.91 Å². The molecule has 0 aliphatic rings. The first kappa shape index (κ1) is 17.6. The number of nitrogens with one attached hydrogen (secondary N) is 1. The molecule has 0 saturated carbocycles. The van der Waals surface area contributed by atoms with Crippen LogP contribution in [-0.4, -0.2) is 27.6 Å². The van der Waals surface area contributed by atoms with Gasteiger partial charge in [-0.2, -0.15) is 0 Å². The van der Waals surface area contributed by atoms with E-state index in [0.29, 0.717) is 29.0 Å². The van der Waals surface area contributed by atoms with Gasteiger partial charge >= 0.3 is 0 Å². The summed E-state index contributed by atoms with van der Waals surface area (Å²) in [5.74, 6) is -1.88. The summed E-state index contributed by atoms with van der Waals surface area (Å²) in [6.07, 6.45) is 1.73. The van der Waals surface area contributed by atoms with Gasteiger partial charge in [0, 0.05) is 23.4 Å². The third kappa shape index (κ3) is 3.39. The summed E-state index contributed by atoms with van der Waals surface area (Å²) in [4.78, 5) is 16.8. The van der Waals surface area contributed by atoms with Crippen LogP contribution in [-0.2, 0) is 0 Å². The molecule has 0 aliphatic heterocycles. The van der Waals surface area contributed by atoms with Crippen molar-refractivity contribution in [1.29, 1.82) is 0 Å². The van der Waals surface area contributed by atoms with Crippen molar-refractivity contribution in [3.05, 3.63) is 78.0 Å². The van der Waals surface area contributed by atoms with E-state index in [9.17, 15) is 13.6 Å². The van der Waals surface area contributed by atoms with Crippen LogP contribution in [0, 0.1) is 11.6 Å². The van der Waals surface area contributed by atoms with E-state index in [4.69, 9.17) is 4.74 Å². The number of fused-ring (bicyclic) bond motifs is 1. The minimum absolute atomic E-state index is 0.240. The SMILES string of the molecule is COc1ccc2nc(-c3cccc(NC(=O)c4ccc(F)cc4F)c3)cn2n1. The molecule has 1 amide bonds. The van der Waals surface area contributed by atoms with Gasteiger partial charge in [0.1, 0.15) is 11.6 Å². The topological polar surface area (TPSA) is 68.5 Å². The molecule has 4 rings (SSSR count). The number of hydrogen-bond donors (Lipinski definition) is 1. The second kappa shape index (κ2) is 7.07. The molecule has 2 heterocycles. The number of anilines is 1. The Hall–Kier alpha value is -3.81. The molecule has 0 radical (unpaired) electrons. The van der Waals surface area contributed by atoms with Crippen molar-refractivity contribution < 1.29 is 18.3 Å². The highest BCUT2D eigenvalue weighted by atomic mass is 19.1. The van der Waals surface area contributed by atoms with E-state index in [1.807, 2.05) is 6.07 Å². The lowest BCUT2D eigenvalue weighted by atomic mass is 10.1. The number of carbonyl (C=O) groups excluding carboxylic acids is 1. The van der Waals surface area contributed by atoms with Gasteiger partial charge in [-0.1, -0.05) is 12.1 Å². The number of carbonyl (C=O) groups is 1. The predicted octanol–water partition coefficient (Wildman–Crippen LogP) is 3.94. The van der Waals surface area contributed by atoms with Gasteiger partial charge < -0.3 is 10.1 Å². The maximum Gasteiger partial charge on any atom is 0.258 e. The summed E-state index contributed by atoms with van der Waals surface area (Å²) in [5.41, 5.74) is 2.23. The first-order chi connectivity index (χ1) is 13.5. The van der Waals surface area contributed by atoms with Crippen molar-refractivity contribution >= 4 is 17.2 Å². The number of methoxy groups -OCH3 is 1. The Balaban J connectivity index is 1.61. The van der Waals surface area contributed by atoms with Gasteiger partial charge in [-0.05, 0) is 30.3 Å². The molecule has 6 nitrogen and oxygen atoms in total. The lowest BCUT2D eigenvalue weighted by molar-refractivity contribution is 0.102. The fourth-order valence-corrected chi connectivity index (χ4v) is 2.74. The van der Waals surface area contributed by atoms with Crippen LogP contribution in [0.1, 0.15) is 10.4 Å². The summed E-state index contributed by atoms with van der Waals surface area (Å²) >= 11 is 0. The van der Waals surface area contributed by atoms with Crippen LogP contribution in [0.25, 0.3) is 16.9 Å². The lowest BCUT2D eigenvalue weighted by Gasteiger charge is -2.07. The maximum absolute atomic E-state index is 13.8. The molecule has 8 heteroatoms. The second-order valence-electron chi connectivity index (χ2n) is 5.96. The Bertz CT molecular complexity index is 1190. The molecule has 0 unspecified atom stereocenters. The van der Waals surface area contributed by atoms with E-state index in [2.05, 4.69) is 15.4 Å². The molecular weight excluding hydrogens is 366 g/mol. The average molecular weight is 380 g/mol. The molecule has 0 atom stereocenters. The number of nitrogens with zero attached hydrogens (tertiary/aromatic N) is 3. The molecule has 0 bridgehead atoms. The average Bonchev–Trinajstić information content (AvgIpc) is 3.11. The second-order valence-corrected chi connectivity index (χ2v) is 5.96. The number of rotatable bonds is 4. The number of hydrogen-bond acceptors (Lipinski definition) is 4. The molecule has 1 N–H and O–H groups in total. The molecule has 2 aromatic carbocycles. The fourth-order valence-electron chi connectivity index (χ4n) is 2.74. The molecular formula is C20H14F2N4O2. The summed E-state index contributed by atoms with van der Waals surface area (Å²) in [5, 5.41) is 6.87. The Morgan fingerprint density at radius 2 is 1.96 bits per heavy atom. The van der Waals surface area contributed by atoms with Gasteiger partial charge in [-0.3, -0.25) is 4.79 Å². The number of imidazole rings is 1. The molecule has 4 aromatic rings. The maximum atomic E-state index is 13.8. The number of amides is 1. The Kier molecular flexibility index (Phi) is 4.44. The first-order valence-corrected chi connectivity index (χ1v) is 8.31. The van der Waals surface area contributed by atoms with Gasteiger partial charge in [0.05, 0.1) is 24.6 Å². The highest BCUT2D eigenvalue weighted by Crippen LogP contribution is 2.23. The highest BCUT2D eigenvalue weighted by molar-refractivity contribution is 6.04. The molecule has 2 aromatic heterocycles. The van der Waals surface area contributed by atoms with Crippen LogP contribution in [0.5, 0.6) is 5.88 Å². The highest BCUT2D eigenvalue weighted by Gasteiger charge is 2.13. The van der Waals surface area contributed by atoms with Crippen molar-refractivity contribution in [2.45, 2.75) is 0 Å². The van der Waals surface area contributed by atoms with Crippen LogP contribution >= 0.6 is 0 Å². The molecule has 28 heavy (non-hydrogen) atoms. The van der Waals surface area contributed by atoms with Gasteiger partial charge in [-0.15, -0.1) is 5.10 Å². The smallest absolute Gasteiger partial charge is 0.258 e. The van der Waals surface area contributed by atoms with Crippen molar-refractivity contribution in [2.75, 3.05) is 12.4 Å². The molecule has 0 aliphatic carbocycles. The third-order valence-corrected chi connectivity index (χ3v) is 4.10. The summed E-state index contributed by atoms with van der Waals surface area (Å²) < 4.78 is 33.5. The zero-order chi connectivity index (χ0) is 19.7. The fraction of sp³-hybridized carbons (Fsp3) is 0.0500. The van der Waals surface area contributed by atoms with E-state index in [1.165, 1.54) is 7.11 Å². The Labute approximate surface area is 158 Å². The van der Waals surface area contributed by atoms with Crippen molar-refractivity contribution in [1.82, 2.24) is 14.6 Å². The molecule has 0 fully saturated rings. The normalized spacial score (nSPS) is 10.8. The van der Waals surface area contributed by atoms with Crippen LogP contribution in [0.15, 0.2) is 60.8 Å². The first-order valence-electron chi connectivity index (χ1n) is 8.31. The van der Waals surface area contributed by atoms with Crippen LogP contribution in [0.2, 0.25) is 0 Å². The van der Waals surface area contributed by atoms with Gasteiger partial charge in [0.2, 0.25) is 5.88 Å². The Morgan fingerprint density at radius 3 is 2.75 bits per heavy atom. The van der Waals surface area contributed by atoms with Crippen LogP contribution in [0.4, 0.5) is 14.5 Å². The monoisotopic (exact) mass is 380 g/mol. The quantitative estimate of drug-likeness (QED) is 0.582. The molecule has 0 saturated heterocycles. The molecule has 140 valence electrons. The zero-order valence-corrected chi connectivity index (χ0v) is 14.7.